The summed E-state index contributed by atoms with van der Waals surface area (Å²) < 4.78 is 0. The third-order valence-corrected chi connectivity index (χ3v) is 3.54. The number of carbonyl (C=O) groups is 1. The average molecular weight is 241 g/mol. The highest BCUT2D eigenvalue weighted by molar-refractivity contribution is 5.73. The fraction of sp³-hybridized carbons (Fsp3) is 0.923. The molecule has 0 atom stereocenters. The molecule has 1 saturated heterocycles. The van der Waals surface area contributed by atoms with Crippen molar-refractivity contribution in [2.45, 2.75) is 58.0 Å². The lowest BCUT2D eigenvalue weighted by Gasteiger charge is -2.35. The molecule has 100 valence electrons. The summed E-state index contributed by atoms with van der Waals surface area (Å²) >= 11 is 0. The Balaban J connectivity index is 2.01. The molecule has 1 heterocycles. The Morgan fingerprint density at radius 2 is 2.00 bits per heavy atom. The first-order chi connectivity index (χ1) is 8.09. The number of primary amides is 1. The number of hydrogen-bond donors (Lipinski definition) is 2. The van der Waals surface area contributed by atoms with Crippen LogP contribution in [0.2, 0.25) is 0 Å². The second-order valence-electron chi connectivity index (χ2n) is 5.28. The van der Waals surface area contributed by atoms with E-state index in [1.54, 1.807) is 0 Å². The number of carbonyl (C=O) groups excluding carboxylic acids is 1. The molecule has 1 fully saturated rings. The van der Waals surface area contributed by atoms with E-state index in [0.29, 0.717) is 18.5 Å². The van der Waals surface area contributed by atoms with E-state index in [1.165, 1.54) is 25.9 Å². The van der Waals surface area contributed by atoms with Crippen molar-refractivity contribution in [2.24, 2.45) is 5.73 Å². The van der Waals surface area contributed by atoms with Gasteiger partial charge in [-0.2, -0.15) is 0 Å². The number of unbranched alkanes of at least 4 members (excludes halogenated alkanes) is 1. The fourth-order valence-corrected chi connectivity index (χ4v) is 2.35. The van der Waals surface area contributed by atoms with Gasteiger partial charge in [0.2, 0.25) is 5.91 Å². The molecule has 0 bridgehead atoms. The van der Waals surface area contributed by atoms with Crippen molar-refractivity contribution in [1.29, 1.82) is 0 Å². The number of nitrogens with zero attached hydrogens (tertiary/aromatic N) is 1. The van der Waals surface area contributed by atoms with Crippen LogP contribution in [0.25, 0.3) is 0 Å². The standard InChI is InChI=1S/C13H27N3O/c1-11(2)16-9-6-12(7-10-16)15-8-4-3-5-13(14)17/h11-12,15H,3-10H2,1-2H3,(H2,14,17). The van der Waals surface area contributed by atoms with Crippen LogP contribution in [0.1, 0.15) is 46.0 Å². The van der Waals surface area contributed by atoms with Gasteiger partial charge in [-0.05, 0) is 59.2 Å². The molecule has 3 N–H and O–H groups in total. The minimum absolute atomic E-state index is 0.185. The lowest BCUT2D eigenvalue weighted by molar-refractivity contribution is -0.118. The number of nitrogens with two attached hydrogens (primary N) is 1. The number of hydrogen-bond acceptors (Lipinski definition) is 3. The highest BCUT2D eigenvalue weighted by atomic mass is 16.1. The molecule has 1 rings (SSSR count). The van der Waals surface area contributed by atoms with E-state index in [-0.39, 0.29) is 5.91 Å². The van der Waals surface area contributed by atoms with Gasteiger partial charge in [0, 0.05) is 18.5 Å². The third-order valence-electron chi connectivity index (χ3n) is 3.54. The smallest absolute Gasteiger partial charge is 0.217 e. The molecule has 0 aromatic carbocycles. The highest BCUT2D eigenvalue weighted by Crippen LogP contribution is 2.12. The van der Waals surface area contributed by atoms with E-state index >= 15 is 0 Å². The Kier molecular flexibility index (Phi) is 6.52. The number of likely N-dealkylation sites (tertiary alicyclic amines) is 1. The van der Waals surface area contributed by atoms with Crippen molar-refractivity contribution >= 4 is 5.91 Å². The Hall–Kier alpha value is -0.610. The minimum atomic E-state index is -0.185. The molecule has 0 spiro atoms. The first-order valence-electron chi connectivity index (χ1n) is 6.85. The molecule has 0 unspecified atom stereocenters. The normalized spacial score (nSPS) is 18.8. The van der Waals surface area contributed by atoms with Gasteiger partial charge in [0.1, 0.15) is 0 Å². The average Bonchev–Trinajstić information content (AvgIpc) is 2.29. The maximum Gasteiger partial charge on any atom is 0.217 e. The zero-order valence-electron chi connectivity index (χ0n) is 11.2. The number of rotatable bonds is 7. The van der Waals surface area contributed by atoms with Crippen LogP contribution in [0.5, 0.6) is 0 Å². The summed E-state index contributed by atoms with van der Waals surface area (Å²) in [6.07, 6.45) is 4.97. The van der Waals surface area contributed by atoms with Crippen LogP contribution < -0.4 is 11.1 Å². The zero-order chi connectivity index (χ0) is 12.7. The van der Waals surface area contributed by atoms with Gasteiger partial charge in [-0.3, -0.25) is 4.79 Å². The molecule has 17 heavy (non-hydrogen) atoms. The minimum Gasteiger partial charge on any atom is -0.370 e. The van der Waals surface area contributed by atoms with Crippen LogP contribution in [0, 0.1) is 0 Å². The molecular formula is C13H27N3O. The van der Waals surface area contributed by atoms with Gasteiger partial charge in [0.05, 0.1) is 0 Å². The molecule has 1 aliphatic rings. The number of amides is 1. The summed E-state index contributed by atoms with van der Waals surface area (Å²) in [5.74, 6) is -0.185. The van der Waals surface area contributed by atoms with Crippen LogP contribution in [-0.4, -0.2) is 42.5 Å². The van der Waals surface area contributed by atoms with Gasteiger partial charge in [-0.25, -0.2) is 0 Å². The van der Waals surface area contributed by atoms with Crippen molar-refractivity contribution in [3.8, 4) is 0 Å². The second kappa shape index (κ2) is 7.67. The van der Waals surface area contributed by atoms with Gasteiger partial charge in [-0.15, -0.1) is 0 Å². The van der Waals surface area contributed by atoms with Crippen molar-refractivity contribution in [3.05, 3.63) is 0 Å². The summed E-state index contributed by atoms with van der Waals surface area (Å²) in [7, 11) is 0. The molecule has 0 saturated carbocycles. The fourth-order valence-electron chi connectivity index (χ4n) is 2.35. The first-order valence-corrected chi connectivity index (χ1v) is 6.85. The van der Waals surface area contributed by atoms with Crippen molar-refractivity contribution in [3.63, 3.8) is 0 Å². The Morgan fingerprint density at radius 1 is 1.35 bits per heavy atom. The van der Waals surface area contributed by atoms with Gasteiger partial charge >= 0.3 is 0 Å². The van der Waals surface area contributed by atoms with Gasteiger partial charge in [0.15, 0.2) is 0 Å². The summed E-state index contributed by atoms with van der Waals surface area (Å²) in [5, 5.41) is 3.58. The number of nitrogens with one attached hydrogen (secondary N) is 1. The Bertz CT molecular complexity index is 223. The van der Waals surface area contributed by atoms with E-state index in [1.807, 2.05) is 0 Å². The largest absolute Gasteiger partial charge is 0.370 e. The van der Waals surface area contributed by atoms with Crippen LogP contribution in [0.4, 0.5) is 0 Å². The van der Waals surface area contributed by atoms with Crippen molar-refractivity contribution < 1.29 is 4.79 Å². The molecule has 0 aromatic heterocycles. The summed E-state index contributed by atoms with van der Waals surface area (Å²) in [6.45, 7) is 7.95. The second-order valence-corrected chi connectivity index (χ2v) is 5.28. The van der Waals surface area contributed by atoms with Crippen molar-refractivity contribution in [1.82, 2.24) is 10.2 Å². The van der Waals surface area contributed by atoms with E-state index in [4.69, 9.17) is 5.73 Å². The third kappa shape index (κ3) is 6.03. The molecule has 4 nitrogen and oxygen atoms in total. The Labute approximate surface area is 105 Å². The zero-order valence-corrected chi connectivity index (χ0v) is 11.2. The highest BCUT2D eigenvalue weighted by Gasteiger charge is 2.19. The van der Waals surface area contributed by atoms with Crippen LogP contribution in [0.15, 0.2) is 0 Å². The quantitative estimate of drug-likeness (QED) is 0.656. The lowest BCUT2D eigenvalue weighted by Crippen LogP contribution is -2.45. The van der Waals surface area contributed by atoms with Crippen LogP contribution >= 0.6 is 0 Å². The maximum absolute atomic E-state index is 10.6. The van der Waals surface area contributed by atoms with Gasteiger partial charge in [0.25, 0.3) is 0 Å². The predicted octanol–water partition coefficient (Wildman–Crippen LogP) is 1.10. The summed E-state index contributed by atoms with van der Waals surface area (Å²) in [6, 6.07) is 1.34. The van der Waals surface area contributed by atoms with Crippen LogP contribution in [0.3, 0.4) is 0 Å². The van der Waals surface area contributed by atoms with Gasteiger partial charge < -0.3 is 16.0 Å². The number of piperidine rings is 1. The summed E-state index contributed by atoms with van der Waals surface area (Å²) in [4.78, 5) is 13.1. The molecular weight excluding hydrogens is 214 g/mol. The maximum atomic E-state index is 10.6. The molecule has 1 amide bonds. The molecule has 0 radical (unpaired) electrons. The first kappa shape index (κ1) is 14.5. The van der Waals surface area contributed by atoms with Gasteiger partial charge in [-0.1, -0.05) is 0 Å². The molecule has 4 heteroatoms. The predicted molar refractivity (Wildman–Crippen MR) is 70.8 cm³/mol. The van der Waals surface area contributed by atoms with E-state index in [9.17, 15) is 4.79 Å². The van der Waals surface area contributed by atoms with Crippen molar-refractivity contribution in [2.75, 3.05) is 19.6 Å². The molecule has 0 aliphatic carbocycles. The molecule has 1 aliphatic heterocycles. The van der Waals surface area contributed by atoms with E-state index in [2.05, 4.69) is 24.1 Å². The van der Waals surface area contributed by atoms with E-state index < -0.39 is 0 Å². The topological polar surface area (TPSA) is 58.4 Å². The summed E-state index contributed by atoms with van der Waals surface area (Å²) in [5.41, 5.74) is 5.10. The lowest BCUT2D eigenvalue weighted by atomic mass is 10.0. The van der Waals surface area contributed by atoms with Crippen LogP contribution in [-0.2, 0) is 4.79 Å². The molecule has 0 aromatic rings. The Morgan fingerprint density at radius 3 is 2.53 bits per heavy atom. The SMILES string of the molecule is CC(C)N1CCC(NCCCCC(N)=O)CC1. The monoisotopic (exact) mass is 241 g/mol. The van der Waals surface area contributed by atoms with E-state index in [0.717, 1.165) is 19.4 Å².